The highest BCUT2D eigenvalue weighted by Gasteiger charge is 2.44. The van der Waals surface area contributed by atoms with E-state index < -0.39 is 42.1 Å². The van der Waals surface area contributed by atoms with Gasteiger partial charge < -0.3 is 5.32 Å². The van der Waals surface area contributed by atoms with Gasteiger partial charge in [0.1, 0.15) is 6.04 Å². The molecule has 0 radical (unpaired) electrons. The van der Waals surface area contributed by atoms with E-state index in [0.29, 0.717) is 18.7 Å². The van der Waals surface area contributed by atoms with Crippen molar-refractivity contribution in [2.45, 2.75) is 44.2 Å². The Bertz CT molecular complexity index is 936. The minimum atomic E-state index is -2.87. The fourth-order valence-electron chi connectivity index (χ4n) is 4.33. The summed E-state index contributed by atoms with van der Waals surface area (Å²) in [4.78, 5) is 51.8. The van der Waals surface area contributed by atoms with E-state index in [9.17, 15) is 28.0 Å². The first-order valence-electron chi connectivity index (χ1n) is 10.4. The molecule has 3 aliphatic heterocycles. The van der Waals surface area contributed by atoms with Crippen LogP contribution in [-0.4, -0.2) is 71.6 Å². The highest BCUT2D eigenvalue weighted by atomic mass is 19.3. The number of nitrogens with zero attached hydrogens (tertiary/aromatic N) is 2. The van der Waals surface area contributed by atoms with Crippen LogP contribution in [0.5, 0.6) is 0 Å². The number of imide groups is 2. The number of fused-ring (bicyclic) bond motifs is 1. The van der Waals surface area contributed by atoms with Gasteiger partial charge in [0.05, 0.1) is 24.2 Å². The number of carbonyl (C=O) groups excluding carboxylic acids is 4. The van der Waals surface area contributed by atoms with Gasteiger partial charge in [-0.1, -0.05) is 6.07 Å². The number of halogens is 2. The maximum Gasteiger partial charge on any atom is 0.272 e. The first-order chi connectivity index (χ1) is 14.7. The van der Waals surface area contributed by atoms with Crippen molar-refractivity contribution in [2.24, 2.45) is 0 Å². The summed E-state index contributed by atoms with van der Waals surface area (Å²) in [6, 6.07) is 3.68. The molecule has 4 rings (SSSR count). The Hall–Kier alpha value is -2.72. The van der Waals surface area contributed by atoms with E-state index in [0.717, 1.165) is 17.7 Å². The zero-order valence-electron chi connectivity index (χ0n) is 17.0. The summed E-state index contributed by atoms with van der Waals surface area (Å²) in [6.45, 7) is 0.509. The number of benzene rings is 1. The summed E-state index contributed by atoms with van der Waals surface area (Å²) in [7, 11) is 0. The van der Waals surface area contributed by atoms with E-state index in [2.05, 4.69) is 10.6 Å². The quantitative estimate of drug-likeness (QED) is 0.687. The Morgan fingerprint density at radius 3 is 2.61 bits per heavy atom. The van der Waals surface area contributed by atoms with E-state index in [1.54, 1.807) is 17.0 Å². The summed E-state index contributed by atoms with van der Waals surface area (Å²) in [5.41, 5.74) is 0.982. The molecule has 10 heteroatoms. The largest absolute Gasteiger partial charge is 0.311 e. The van der Waals surface area contributed by atoms with Gasteiger partial charge >= 0.3 is 0 Å². The molecule has 0 bridgehead atoms. The molecular weight excluding hydrogens is 410 g/mol. The second-order valence-corrected chi connectivity index (χ2v) is 8.28. The van der Waals surface area contributed by atoms with Crippen molar-refractivity contribution >= 4 is 23.6 Å². The number of amides is 4. The van der Waals surface area contributed by atoms with E-state index in [-0.39, 0.29) is 37.1 Å². The molecule has 4 amide bonds. The molecule has 3 aliphatic rings. The van der Waals surface area contributed by atoms with Gasteiger partial charge in [-0.2, -0.15) is 0 Å². The molecule has 2 N–H and O–H groups in total. The van der Waals surface area contributed by atoms with Gasteiger partial charge in [-0.25, -0.2) is 8.78 Å². The van der Waals surface area contributed by atoms with Gasteiger partial charge in [0, 0.05) is 13.0 Å². The molecule has 2 fully saturated rings. The van der Waals surface area contributed by atoms with Gasteiger partial charge in [0.15, 0.2) is 0 Å². The molecule has 1 unspecified atom stereocenters. The number of nitrogens with one attached hydrogen (secondary N) is 2. The molecule has 8 nitrogen and oxygen atoms in total. The molecule has 2 saturated heterocycles. The number of rotatable bonds is 3. The van der Waals surface area contributed by atoms with Crippen LogP contribution in [0.3, 0.4) is 0 Å². The Labute approximate surface area is 177 Å². The molecule has 1 aromatic rings. The lowest BCUT2D eigenvalue weighted by Crippen LogP contribution is -2.54. The maximum atomic E-state index is 14.2. The van der Waals surface area contributed by atoms with Gasteiger partial charge in [0.2, 0.25) is 11.8 Å². The molecule has 3 heterocycles. The second-order valence-electron chi connectivity index (χ2n) is 8.28. The van der Waals surface area contributed by atoms with Gasteiger partial charge in [0.25, 0.3) is 17.7 Å². The molecule has 31 heavy (non-hydrogen) atoms. The minimum absolute atomic E-state index is 0.0487. The first-order valence-corrected chi connectivity index (χ1v) is 10.4. The van der Waals surface area contributed by atoms with Gasteiger partial charge in [-0.3, -0.25) is 34.3 Å². The molecule has 0 saturated carbocycles. The van der Waals surface area contributed by atoms with Crippen LogP contribution in [0, 0.1) is 0 Å². The molecule has 0 aromatic heterocycles. The molecule has 0 aliphatic carbocycles. The molecule has 1 atom stereocenters. The number of hydrogen-bond acceptors (Lipinski definition) is 6. The third-order valence-electron chi connectivity index (χ3n) is 5.83. The lowest BCUT2D eigenvalue weighted by molar-refractivity contribution is -0.136. The molecule has 166 valence electrons. The Balaban J connectivity index is 1.53. The monoisotopic (exact) mass is 434 g/mol. The van der Waals surface area contributed by atoms with Gasteiger partial charge in [-0.15, -0.1) is 0 Å². The third-order valence-corrected chi connectivity index (χ3v) is 5.83. The first kappa shape index (κ1) is 21.5. The summed E-state index contributed by atoms with van der Waals surface area (Å²) in [5.74, 6) is -5.15. The van der Waals surface area contributed by atoms with Crippen LogP contribution < -0.4 is 10.6 Å². The van der Waals surface area contributed by atoms with Crippen molar-refractivity contribution in [3.05, 3.63) is 34.9 Å². The Kier molecular flexibility index (Phi) is 5.85. The van der Waals surface area contributed by atoms with Crippen molar-refractivity contribution in [3.8, 4) is 0 Å². The average Bonchev–Trinajstić information content (AvgIpc) is 2.98. The Morgan fingerprint density at radius 2 is 1.84 bits per heavy atom. The van der Waals surface area contributed by atoms with E-state index in [1.165, 1.54) is 6.07 Å². The van der Waals surface area contributed by atoms with E-state index in [1.807, 2.05) is 0 Å². The zero-order chi connectivity index (χ0) is 22.2. The molecule has 0 spiro atoms. The second kappa shape index (κ2) is 8.43. The highest BCUT2D eigenvalue weighted by Crippen LogP contribution is 2.29. The van der Waals surface area contributed by atoms with E-state index >= 15 is 0 Å². The lowest BCUT2D eigenvalue weighted by Gasteiger charge is -2.27. The third kappa shape index (κ3) is 4.49. The zero-order valence-corrected chi connectivity index (χ0v) is 17.0. The van der Waals surface area contributed by atoms with Crippen LogP contribution in [0.2, 0.25) is 0 Å². The van der Waals surface area contributed by atoms with Crippen LogP contribution >= 0.6 is 0 Å². The van der Waals surface area contributed by atoms with Crippen molar-refractivity contribution in [1.29, 1.82) is 0 Å². The fourth-order valence-corrected chi connectivity index (χ4v) is 4.33. The standard InChI is InChI=1S/C21H24F2N4O4/c22-21(23)11-24-7-1-2-8-26(12-21)10-13-3-4-14-15(9-13)20(31)27(19(14)30)16-5-6-17(28)25-18(16)29/h3-4,9,16,24H,1-2,5-8,10-12H2,(H,25,28,29). The van der Waals surface area contributed by atoms with Crippen molar-refractivity contribution < 1.29 is 28.0 Å². The predicted octanol–water partition coefficient (Wildman–Crippen LogP) is 0.908. The fraction of sp³-hybridized carbons (Fsp3) is 0.524. The minimum Gasteiger partial charge on any atom is -0.311 e. The van der Waals surface area contributed by atoms with Crippen molar-refractivity contribution in [3.63, 3.8) is 0 Å². The number of alkyl halides is 2. The number of carbonyl (C=O) groups is 4. The SMILES string of the molecule is O=C1CCC(N2C(=O)c3ccc(CN4CCCCNCC(F)(F)C4)cc3C2=O)C(=O)N1. The normalized spacial score (nSPS) is 25.0. The predicted molar refractivity (Wildman–Crippen MR) is 105 cm³/mol. The summed E-state index contributed by atoms with van der Waals surface area (Å²) in [5, 5.41) is 4.93. The van der Waals surface area contributed by atoms with Gasteiger partial charge in [-0.05, 0) is 50.0 Å². The Morgan fingerprint density at radius 1 is 1.06 bits per heavy atom. The topological polar surface area (TPSA) is 98.8 Å². The molecular formula is C21H24F2N4O4. The smallest absolute Gasteiger partial charge is 0.272 e. The van der Waals surface area contributed by atoms with Crippen LogP contribution in [0.1, 0.15) is 52.0 Å². The van der Waals surface area contributed by atoms with Crippen LogP contribution in [0.4, 0.5) is 8.78 Å². The van der Waals surface area contributed by atoms with E-state index in [4.69, 9.17) is 0 Å². The van der Waals surface area contributed by atoms with Crippen LogP contribution in [0.15, 0.2) is 18.2 Å². The summed E-state index contributed by atoms with van der Waals surface area (Å²) in [6.07, 6.45) is 1.70. The number of hydrogen-bond donors (Lipinski definition) is 2. The van der Waals surface area contributed by atoms with Crippen LogP contribution in [0.25, 0.3) is 0 Å². The van der Waals surface area contributed by atoms with Crippen molar-refractivity contribution in [1.82, 2.24) is 20.4 Å². The maximum absolute atomic E-state index is 14.2. The average molecular weight is 434 g/mol. The molecule has 1 aromatic carbocycles. The number of piperidine rings is 1. The van der Waals surface area contributed by atoms with Crippen molar-refractivity contribution in [2.75, 3.05) is 26.2 Å². The highest BCUT2D eigenvalue weighted by molar-refractivity contribution is 6.23. The summed E-state index contributed by atoms with van der Waals surface area (Å²) < 4.78 is 28.3. The lowest BCUT2D eigenvalue weighted by atomic mass is 10.0. The van der Waals surface area contributed by atoms with Crippen LogP contribution in [-0.2, 0) is 16.1 Å². The summed E-state index contributed by atoms with van der Waals surface area (Å²) >= 11 is 0.